The molecule has 0 saturated carbocycles. The van der Waals surface area contributed by atoms with Crippen LogP contribution in [-0.2, 0) is 16.6 Å². The van der Waals surface area contributed by atoms with Crippen LogP contribution in [0.4, 0.5) is 10.1 Å². The summed E-state index contributed by atoms with van der Waals surface area (Å²) in [5.74, 6) is -0.510. The summed E-state index contributed by atoms with van der Waals surface area (Å²) in [6, 6.07) is 18.1. The van der Waals surface area contributed by atoms with Gasteiger partial charge in [0.15, 0.2) is 0 Å². The van der Waals surface area contributed by atoms with Crippen LogP contribution in [0.5, 0.6) is 5.75 Å². The molecule has 3 aromatic rings. The monoisotopic (exact) mass is 457 g/mol. The van der Waals surface area contributed by atoms with E-state index in [0.29, 0.717) is 22.4 Å². The Kier molecular flexibility index (Phi) is 6.19. The van der Waals surface area contributed by atoms with E-state index in [1.54, 1.807) is 42.5 Å². The van der Waals surface area contributed by atoms with Crippen molar-refractivity contribution in [2.75, 3.05) is 4.31 Å². The number of sulfonamides is 1. The number of rotatable bonds is 7. The van der Waals surface area contributed by atoms with Gasteiger partial charge in [-0.05, 0) is 54.3 Å². The molecule has 1 aliphatic heterocycles. The van der Waals surface area contributed by atoms with E-state index in [0.717, 1.165) is 0 Å². The van der Waals surface area contributed by atoms with Gasteiger partial charge in [0.25, 0.3) is 0 Å². The molecule has 3 aromatic carbocycles. The predicted molar refractivity (Wildman–Crippen MR) is 119 cm³/mol. The van der Waals surface area contributed by atoms with Gasteiger partial charge in [-0.25, -0.2) is 12.8 Å². The molecule has 4 rings (SSSR count). The zero-order chi connectivity index (χ0) is 22.9. The maximum atomic E-state index is 13.2. The molecule has 1 heterocycles. The second kappa shape index (κ2) is 8.90. The summed E-state index contributed by atoms with van der Waals surface area (Å²) in [6.07, 6.45) is -0.636. The van der Waals surface area contributed by atoms with E-state index >= 15 is 0 Å². The van der Waals surface area contributed by atoms with Crippen LogP contribution in [0.25, 0.3) is 0 Å². The molecule has 0 unspecified atom stereocenters. The van der Waals surface area contributed by atoms with Gasteiger partial charge < -0.3 is 15.3 Å². The smallest absolute Gasteiger partial charge is 0.241 e. The molecule has 32 heavy (non-hydrogen) atoms. The average molecular weight is 458 g/mol. The average Bonchev–Trinajstić information content (AvgIpc) is 2.78. The Morgan fingerprint density at radius 3 is 2.31 bits per heavy atom. The van der Waals surface area contributed by atoms with Crippen molar-refractivity contribution in [2.45, 2.75) is 36.8 Å². The number of phenols is 1. The number of para-hydroxylation sites is 1. The number of aliphatic hydroxyl groups excluding tert-OH is 2. The summed E-state index contributed by atoms with van der Waals surface area (Å²) in [7, 11) is -3.73. The van der Waals surface area contributed by atoms with Crippen molar-refractivity contribution >= 4 is 15.7 Å². The van der Waals surface area contributed by atoms with Crippen molar-refractivity contribution in [3.8, 4) is 5.75 Å². The molecule has 0 bridgehead atoms. The third-order valence-corrected chi connectivity index (χ3v) is 8.09. The van der Waals surface area contributed by atoms with Gasteiger partial charge in [-0.15, -0.1) is 0 Å². The molecule has 6 nitrogen and oxygen atoms in total. The number of phenolic OH excluding ortho intramolecular Hbond substituents is 1. The molecule has 3 atom stereocenters. The summed E-state index contributed by atoms with van der Waals surface area (Å²) in [4.78, 5) is 0. The fourth-order valence-electron chi connectivity index (χ4n) is 4.18. The number of halogens is 1. The summed E-state index contributed by atoms with van der Waals surface area (Å²) in [5.41, 5.74) is 1.94. The van der Waals surface area contributed by atoms with Crippen LogP contribution in [0.3, 0.4) is 0 Å². The zero-order valence-corrected chi connectivity index (χ0v) is 18.0. The minimum Gasteiger partial charge on any atom is -0.508 e. The van der Waals surface area contributed by atoms with Crippen molar-refractivity contribution in [3.05, 3.63) is 95.3 Å². The highest BCUT2D eigenvalue weighted by Gasteiger charge is 2.54. The van der Waals surface area contributed by atoms with E-state index in [9.17, 15) is 28.1 Å². The predicted octanol–water partition coefficient (Wildman–Crippen LogP) is 3.80. The van der Waals surface area contributed by atoms with Gasteiger partial charge in [0.05, 0.1) is 24.4 Å². The first-order valence-electron chi connectivity index (χ1n) is 10.3. The van der Waals surface area contributed by atoms with Gasteiger partial charge in [-0.2, -0.15) is 0 Å². The first-order chi connectivity index (χ1) is 15.3. The summed E-state index contributed by atoms with van der Waals surface area (Å²) < 4.78 is 40.9. The largest absolute Gasteiger partial charge is 0.508 e. The van der Waals surface area contributed by atoms with Gasteiger partial charge in [-0.3, -0.25) is 4.31 Å². The normalized spacial score (nSPS) is 20.5. The van der Waals surface area contributed by atoms with E-state index < -0.39 is 33.2 Å². The maximum absolute atomic E-state index is 13.2. The highest BCUT2D eigenvalue weighted by atomic mass is 32.2. The number of hydrogen-bond acceptors (Lipinski definition) is 5. The first kappa shape index (κ1) is 22.3. The first-order valence-corrected chi connectivity index (χ1v) is 11.8. The Morgan fingerprint density at radius 1 is 1.00 bits per heavy atom. The van der Waals surface area contributed by atoms with E-state index in [4.69, 9.17) is 0 Å². The highest BCUT2D eigenvalue weighted by molar-refractivity contribution is 7.95. The molecule has 1 fully saturated rings. The lowest BCUT2D eigenvalue weighted by molar-refractivity contribution is 0.162. The number of nitrogens with zero attached hydrogens (tertiary/aromatic N) is 1. The molecule has 0 aromatic heterocycles. The fourth-order valence-corrected chi connectivity index (χ4v) is 6.30. The molecular weight excluding hydrogens is 433 g/mol. The molecular formula is C24H24FNO5S. The Labute approximate surface area is 186 Å². The van der Waals surface area contributed by atoms with Crippen LogP contribution in [-0.4, -0.2) is 29.0 Å². The molecule has 1 aliphatic rings. The highest BCUT2D eigenvalue weighted by Crippen LogP contribution is 2.50. The minimum absolute atomic E-state index is 0.0959. The van der Waals surface area contributed by atoms with Crippen LogP contribution in [0.15, 0.2) is 72.8 Å². The summed E-state index contributed by atoms with van der Waals surface area (Å²) in [5, 5.41) is 29.6. The molecule has 0 radical (unpaired) electrons. The van der Waals surface area contributed by atoms with Crippen molar-refractivity contribution in [3.63, 3.8) is 0 Å². The topological polar surface area (TPSA) is 98.1 Å². The van der Waals surface area contributed by atoms with E-state index in [1.807, 2.05) is 0 Å². The third kappa shape index (κ3) is 4.09. The third-order valence-electron chi connectivity index (χ3n) is 5.85. The van der Waals surface area contributed by atoms with Crippen molar-refractivity contribution in [2.24, 2.45) is 0 Å². The Balaban J connectivity index is 1.64. The minimum atomic E-state index is -3.73. The lowest BCUT2D eigenvalue weighted by Gasteiger charge is -2.48. The van der Waals surface area contributed by atoms with Crippen molar-refractivity contribution in [1.82, 2.24) is 0 Å². The van der Waals surface area contributed by atoms with Crippen LogP contribution in [0.2, 0.25) is 0 Å². The van der Waals surface area contributed by atoms with Gasteiger partial charge in [0.2, 0.25) is 10.0 Å². The van der Waals surface area contributed by atoms with Crippen LogP contribution in [0.1, 0.15) is 41.7 Å². The lowest BCUT2D eigenvalue weighted by Crippen LogP contribution is -2.58. The maximum Gasteiger partial charge on any atom is 0.241 e. The fraction of sp³-hybridized carbons (Fsp3) is 0.250. The molecule has 3 N–H and O–H groups in total. The second-order valence-electron chi connectivity index (χ2n) is 7.86. The van der Waals surface area contributed by atoms with Gasteiger partial charge in [0.1, 0.15) is 16.8 Å². The molecule has 0 aliphatic carbocycles. The Hall–Kier alpha value is -2.94. The number of aromatic hydroxyl groups is 1. The number of aliphatic hydroxyl groups is 2. The van der Waals surface area contributed by atoms with Gasteiger partial charge in [-0.1, -0.05) is 42.5 Å². The zero-order valence-electron chi connectivity index (χ0n) is 17.2. The molecule has 1 saturated heterocycles. The standard InChI is InChI=1S/C24H24FNO5S/c25-18-9-7-17(8-10-18)21(28)12-13-23-24(20-11-6-16(15-27)14-22(20)29)26(32(23,30)31)19-4-2-1-3-5-19/h1-11,14,21,23-24,27-29H,12-13,15H2/t21-,23-,24+/m0/s1. The van der Waals surface area contributed by atoms with E-state index in [2.05, 4.69) is 0 Å². The van der Waals surface area contributed by atoms with Crippen LogP contribution in [0, 0.1) is 5.82 Å². The second-order valence-corrected chi connectivity index (χ2v) is 9.88. The molecule has 168 valence electrons. The SMILES string of the molecule is O=S1(=O)[C@@H](CC[C@H](O)c2ccc(F)cc2)[C@@H](c2ccc(CO)cc2O)N1c1ccccc1. The van der Waals surface area contributed by atoms with Crippen LogP contribution < -0.4 is 4.31 Å². The van der Waals surface area contributed by atoms with Crippen molar-refractivity contribution in [1.29, 1.82) is 0 Å². The Morgan fingerprint density at radius 2 is 1.69 bits per heavy atom. The van der Waals surface area contributed by atoms with Gasteiger partial charge in [0, 0.05) is 5.56 Å². The van der Waals surface area contributed by atoms with Crippen molar-refractivity contribution < 1.29 is 28.1 Å². The number of anilines is 1. The van der Waals surface area contributed by atoms with E-state index in [-0.39, 0.29) is 25.2 Å². The molecule has 8 heteroatoms. The van der Waals surface area contributed by atoms with Gasteiger partial charge >= 0.3 is 0 Å². The summed E-state index contributed by atoms with van der Waals surface area (Å²) >= 11 is 0. The Bertz CT molecular complexity index is 1180. The lowest BCUT2D eigenvalue weighted by atomic mass is 9.95. The number of benzene rings is 3. The molecule has 0 spiro atoms. The molecule has 0 amide bonds. The van der Waals surface area contributed by atoms with Crippen LogP contribution >= 0.6 is 0 Å². The van der Waals surface area contributed by atoms with E-state index in [1.165, 1.54) is 34.6 Å². The summed E-state index contributed by atoms with van der Waals surface area (Å²) in [6.45, 7) is -0.244. The quantitative estimate of drug-likeness (QED) is 0.501. The number of hydrogen-bond donors (Lipinski definition) is 3.